The molecule has 0 saturated heterocycles. The Morgan fingerprint density at radius 2 is 1.95 bits per heavy atom. The fourth-order valence-corrected chi connectivity index (χ4v) is 2.08. The minimum absolute atomic E-state index is 0.0918. The maximum absolute atomic E-state index is 5.85. The summed E-state index contributed by atoms with van der Waals surface area (Å²) < 4.78 is 11.4. The van der Waals surface area contributed by atoms with Crippen LogP contribution in [0.25, 0.3) is 0 Å². The third-order valence-corrected chi connectivity index (χ3v) is 3.40. The second kappa shape index (κ2) is 7.65. The van der Waals surface area contributed by atoms with Crippen molar-refractivity contribution in [3.05, 3.63) is 29.3 Å². The predicted molar refractivity (Wildman–Crippen MR) is 84.5 cm³/mol. The van der Waals surface area contributed by atoms with Gasteiger partial charge in [-0.25, -0.2) is 0 Å². The van der Waals surface area contributed by atoms with Gasteiger partial charge in [-0.2, -0.15) is 0 Å². The number of ether oxygens (including phenoxy) is 2. The quantitative estimate of drug-likeness (QED) is 0.831. The highest BCUT2D eigenvalue weighted by atomic mass is 16.5. The summed E-state index contributed by atoms with van der Waals surface area (Å²) in [6.07, 6.45) is 0.916. The first-order chi connectivity index (χ1) is 9.38. The molecule has 0 spiro atoms. The maximum Gasteiger partial charge on any atom is 0.122 e. The van der Waals surface area contributed by atoms with Crippen LogP contribution in [0.3, 0.4) is 0 Å². The van der Waals surface area contributed by atoms with Crippen molar-refractivity contribution in [3.63, 3.8) is 0 Å². The SMILES string of the molecule is CCOC(CN)CCOc1ccc(C(C)(C)C)cc1C. The van der Waals surface area contributed by atoms with E-state index in [2.05, 4.69) is 45.9 Å². The van der Waals surface area contributed by atoms with Crippen LogP contribution in [-0.2, 0) is 10.2 Å². The molecule has 3 nitrogen and oxygen atoms in total. The fraction of sp³-hybridized carbons (Fsp3) is 0.647. The van der Waals surface area contributed by atoms with Gasteiger partial charge in [0.2, 0.25) is 0 Å². The van der Waals surface area contributed by atoms with Gasteiger partial charge < -0.3 is 15.2 Å². The molecule has 0 heterocycles. The third kappa shape index (κ3) is 5.14. The van der Waals surface area contributed by atoms with Crippen molar-refractivity contribution in [2.24, 2.45) is 5.73 Å². The molecule has 0 fully saturated rings. The van der Waals surface area contributed by atoms with Crippen LogP contribution in [0.15, 0.2) is 18.2 Å². The third-order valence-electron chi connectivity index (χ3n) is 3.40. The van der Waals surface area contributed by atoms with Gasteiger partial charge >= 0.3 is 0 Å². The van der Waals surface area contributed by atoms with Crippen LogP contribution in [0.1, 0.15) is 45.2 Å². The van der Waals surface area contributed by atoms with Crippen molar-refractivity contribution in [2.45, 2.75) is 52.6 Å². The van der Waals surface area contributed by atoms with E-state index in [1.54, 1.807) is 0 Å². The van der Waals surface area contributed by atoms with Crippen LogP contribution in [0.2, 0.25) is 0 Å². The first-order valence-electron chi connectivity index (χ1n) is 7.44. The predicted octanol–water partition coefficient (Wildman–Crippen LogP) is 3.43. The summed E-state index contributed by atoms with van der Waals surface area (Å²) >= 11 is 0. The standard InChI is InChI=1S/C17H29NO2/c1-6-19-15(12-18)9-10-20-16-8-7-14(11-13(16)2)17(3,4)5/h7-8,11,15H,6,9-10,12,18H2,1-5H3. The minimum atomic E-state index is 0.0918. The minimum Gasteiger partial charge on any atom is -0.493 e. The molecule has 3 heteroatoms. The van der Waals surface area contributed by atoms with Crippen molar-refractivity contribution in [1.82, 2.24) is 0 Å². The van der Waals surface area contributed by atoms with Gasteiger partial charge in [-0.05, 0) is 36.5 Å². The van der Waals surface area contributed by atoms with E-state index in [4.69, 9.17) is 15.2 Å². The lowest BCUT2D eigenvalue weighted by molar-refractivity contribution is 0.0526. The highest BCUT2D eigenvalue weighted by Gasteiger charge is 2.15. The van der Waals surface area contributed by atoms with E-state index in [-0.39, 0.29) is 11.5 Å². The van der Waals surface area contributed by atoms with Crippen molar-refractivity contribution < 1.29 is 9.47 Å². The molecule has 20 heavy (non-hydrogen) atoms. The van der Waals surface area contributed by atoms with Crippen LogP contribution in [0.5, 0.6) is 5.75 Å². The largest absolute Gasteiger partial charge is 0.493 e. The van der Waals surface area contributed by atoms with Crippen LogP contribution in [-0.4, -0.2) is 25.9 Å². The van der Waals surface area contributed by atoms with Crippen LogP contribution in [0.4, 0.5) is 0 Å². The Morgan fingerprint density at radius 3 is 2.45 bits per heavy atom. The van der Waals surface area contributed by atoms with Gasteiger partial charge in [-0.1, -0.05) is 32.9 Å². The highest BCUT2D eigenvalue weighted by molar-refractivity contribution is 5.38. The molecule has 1 rings (SSSR count). The Labute approximate surface area is 123 Å². The first kappa shape index (κ1) is 17.0. The molecule has 0 aliphatic rings. The van der Waals surface area contributed by atoms with E-state index < -0.39 is 0 Å². The number of benzene rings is 1. The zero-order chi connectivity index (χ0) is 15.2. The van der Waals surface area contributed by atoms with E-state index in [1.807, 2.05) is 6.92 Å². The van der Waals surface area contributed by atoms with Gasteiger partial charge in [0.25, 0.3) is 0 Å². The second-order valence-corrected chi connectivity index (χ2v) is 6.18. The Bertz CT molecular complexity index is 410. The molecular formula is C17H29NO2. The number of rotatable bonds is 7. The molecule has 0 bridgehead atoms. The fourth-order valence-electron chi connectivity index (χ4n) is 2.08. The average molecular weight is 279 g/mol. The van der Waals surface area contributed by atoms with Gasteiger partial charge in [-0.15, -0.1) is 0 Å². The number of hydrogen-bond acceptors (Lipinski definition) is 3. The average Bonchev–Trinajstić information content (AvgIpc) is 2.38. The lowest BCUT2D eigenvalue weighted by atomic mass is 9.86. The normalized spacial score (nSPS) is 13.3. The summed E-state index contributed by atoms with van der Waals surface area (Å²) in [5, 5.41) is 0. The van der Waals surface area contributed by atoms with Gasteiger partial charge in [0, 0.05) is 19.6 Å². The Hall–Kier alpha value is -1.06. The molecule has 0 aromatic heterocycles. The maximum atomic E-state index is 5.85. The van der Waals surface area contributed by atoms with Crippen LogP contribution >= 0.6 is 0 Å². The molecule has 1 atom stereocenters. The number of hydrogen-bond donors (Lipinski definition) is 1. The van der Waals surface area contributed by atoms with Crippen LogP contribution in [0, 0.1) is 6.92 Å². The van der Waals surface area contributed by atoms with Gasteiger partial charge in [0.1, 0.15) is 5.75 Å². The van der Waals surface area contributed by atoms with Crippen molar-refractivity contribution >= 4 is 0 Å². The van der Waals surface area contributed by atoms with Crippen molar-refractivity contribution in [3.8, 4) is 5.75 Å². The molecule has 114 valence electrons. The molecule has 1 unspecified atom stereocenters. The summed E-state index contributed by atoms with van der Waals surface area (Å²) in [5.41, 5.74) is 8.33. The lowest BCUT2D eigenvalue weighted by Crippen LogP contribution is -2.25. The van der Waals surface area contributed by atoms with E-state index in [9.17, 15) is 0 Å². The number of aryl methyl sites for hydroxylation is 1. The van der Waals surface area contributed by atoms with Gasteiger partial charge in [0.05, 0.1) is 12.7 Å². The Balaban J connectivity index is 2.57. The van der Waals surface area contributed by atoms with E-state index in [1.165, 1.54) is 11.1 Å². The molecular weight excluding hydrogens is 250 g/mol. The summed E-state index contributed by atoms with van der Waals surface area (Å²) in [4.78, 5) is 0. The van der Waals surface area contributed by atoms with E-state index in [0.717, 1.165) is 12.2 Å². The molecule has 2 N–H and O–H groups in total. The smallest absolute Gasteiger partial charge is 0.122 e. The van der Waals surface area contributed by atoms with Crippen molar-refractivity contribution in [1.29, 1.82) is 0 Å². The lowest BCUT2D eigenvalue weighted by Gasteiger charge is -2.21. The monoisotopic (exact) mass is 279 g/mol. The van der Waals surface area contributed by atoms with E-state index in [0.29, 0.717) is 19.8 Å². The molecule has 0 aliphatic heterocycles. The molecule has 0 radical (unpaired) electrons. The summed E-state index contributed by atoms with van der Waals surface area (Å²) in [5.74, 6) is 0.949. The first-order valence-corrected chi connectivity index (χ1v) is 7.44. The van der Waals surface area contributed by atoms with Crippen LogP contribution < -0.4 is 10.5 Å². The Morgan fingerprint density at radius 1 is 1.25 bits per heavy atom. The summed E-state index contributed by atoms with van der Waals surface area (Å²) in [6.45, 7) is 12.6. The Kier molecular flexibility index (Phi) is 6.50. The van der Waals surface area contributed by atoms with Gasteiger partial charge in [0.15, 0.2) is 0 Å². The number of nitrogens with two attached hydrogens (primary N) is 1. The highest BCUT2D eigenvalue weighted by Crippen LogP contribution is 2.27. The molecule has 1 aromatic rings. The topological polar surface area (TPSA) is 44.5 Å². The summed E-state index contributed by atoms with van der Waals surface area (Å²) in [7, 11) is 0. The zero-order valence-corrected chi connectivity index (χ0v) is 13.5. The zero-order valence-electron chi connectivity index (χ0n) is 13.5. The second-order valence-electron chi connectivity index (χ2n) is 6.18. The molecule has 1 aromatic carbocycles. The van der Waals surface area contributed by atoms with Gasteiger partial charge in [-0.3, -0.25) is 0 Å². The van der Waals surface area contributed by atoms with E-state index >= 15 is 0 Å². The summed E-state index contributed by atoms with van der Waals surface area (Å²) in [6, 6.07) is 6.41. The molecule has 0 aliphatic carbocycles. The van der Waals surface area contributed by atoms with Crippen molar-refractivity contribution in [2.75, 3.05) is 19.8 Å². The molecule has 0 saturated carbocycles. The molecule has 0 amide bonds.